The first-order valence-corrected chi connectivity index (χ1v) is 7.03. The zero-order chi connectivity index (χ0) is 14.9. The van der Waals surface area contributed by atoms with E-state index in [9.17, 15) is 17.6 Å². The Labute approximate surface area is 118 Å². The molecule has 0 aliphatic heterocycles. The number of hydrogen-bond acceptors (Lipinski definition) is 2. The monoisotopic (exact) mass is 303 g/mol. The van der Waals surface area contributed by atoms with Crippen molar-refractivity contribution in [3.05, 3.63) is 40.7 Å². The van der Waals surface area contributed by atoms with Crippen LogP contribution in [0.15, 0.2) is 23.6 Å². The van der Waals surface area contributed by atoms with Gasteiger partial charge in [0.15, 0.2) is 0 Å². The van der Waals surface area contributed by atoms with Gasteiger partial charge in [-0.1, -0.05) is 13.8 Å². The molecule has 0 fully saturated rings. The van der Waals surface area contributed by atoms with Gasteiger partial charge in [0.1, 0.15) is 10.8 Å². The summed E-state index contributed by atoms with van der Waals surface area (Å²) < 4.78 is 51.7. The van der Waals surface area contributed by atoms with Crippen molar-refractivity contribution in [2.24, 2.45) is 0 Å². The lowest BCUT2D eigenvalue weighted by Gasteiger charge is -2.08. The molecule has 1 nitrogen and oxygen atoms in total. The molecule has 0 aliphatic carbocycles. The van der Waals surface area contributed by atoms with Gasteiger partial charge in [0, 0.05) is 10.9 Å². The van der Waals surface area contributed by atoms with Crippen LogP contribution in [0.2, 0.25) is 0 Å². The van der Waals surface area contributed by atoms with E-state index in [1.54, 1.807) is 5.38 Å². The van der Waals surface area contributed by atoms with Gasteiger partial charge in [0.2, 0.25) is 0 Å². The summed E-state index contributed by atoms with van der Waals surface area (Å²) >= 11 is 1.16. The summed E-state index contributed by atoms with van der Waals surface area (Å²) in [6.45, 7) is 3.97. The molecule has 0 spiro atoms. The quantitative estimate of drug-likeness (QED) is 0.684. The highest BCUT2D eigenvalue weighted by molar-refractivity contribution is 7.13. The minimum atomic E-state index is -4.49. The SMILES string of the molecule is CCC(C)c1csc(-c2cc(C(F)(F)F)ccc2F)n1. The van der Waals surface area contributed by atoms with Crippen LogP contribution in [0.4, 0.5) is 17.6 Å². The first-order valence-electron chi connectivity index (χ1n) is 6.15. The van der Waals surface area contributed by atoms with Gasteiger partial charge in [-0.05, 0) is 30.5 Å². The maximum absolute atomic E-state index is 13.7. The first kappa shape index (κ1) is 15.0. The third-order valence-electron chi connectivity index (χ3n) is 3.16. The molecule has 6 heteroatoms. The zero-order valence-electron chi connectivity index (χ0n) is 11.0. The van der Waals surface area contributed by atoms with Crippen LogP contribution in [0, 0.1) is 5.82 Å². The number of halogens is 4. The van der Waals surface area contributed by atoms with E-state index in [4.69, 9.17) is 0 Å². The number of thiazole rings is 1. The third kappa shape index (κ3) is 3.00. The Morgan fingerprint density at radius 1 is 1.30 bits per heavy atom. The molecule has 1 heterocycles. The standard InChI is InChI=1S/C14H13F4NS/c1-3-8(2)12-7-20-13(19-12)10-6-9(14(16,17)18)4-5-11(10)15/h4-8H,3H2,1-2H3. The van der Waals surface area contributed by atoms with Crippen molar-refractivity contribution in [2.75, 3.05) is 0 Å². The summed E-state index contributed by atoms with van der Waals surface area (Å²) in [5.41, 5.74) is -0.183. The summed E-state index contributed by atoms with van der Waals surface area (Å²) in [5, 5.41) is 2.05. The Kier molecular flexibility index (Phi) is 4.13. The van der Waals surface area contributed by atoms with Gasteiger partial charge in [-0.2, -0.15) is 13.2 Å². The molecule has 0 saturated carbocycles. The molecular weight excluding hydrogens is 290 g/mol. The van der Waals surface area contributed by atoms with Crippen molar-refractivity contribution in [3.8, 4) is 10.6 Å². The molecule has 108 valence electrons. The number of alkyl halides is 3. The molecule has 1 atom stereocenters. The number of aromatic nitrogens is 1. The Morgan fingerprint density at radius 3 is 2.60 bits per heavy atom. The van der Waals surface area contributed by atoms with Crippen molar-refractivity contribution in [2.45, 2.75) is 32.4 Å². The van der Waals surface area contributed by atoms with Crippen LogP contribution in [0.5, 0.6) is 0 Å². The predicted octanol–water partition coefficient (Wildman–Crippen LogP) is 5.48. The molecule has 0 amide bonds. The lowest BCUT2D eigenvalue weighted by molar-refractivity contribution is -0.137. The predicted molar refractivity (Wildman–Crippen MR) is 71.2 cm³/mol. The van der Waals surface area contributed by atoms with E-state index in [-0.39, 0.29) is 16.5 Å². The van der Waals surface area contributed by atoms with E-state index in [0.29, 0.717) is 0 Å². The van der Waals surface area contributed by atoms with Crippen LogP contribution in [0.3, 0.4) is 0 Å². The van der Waals surface area contributed by atoms with E-state index >= 15 is 0 Å². The van der Waals surface area contributed by atoms with Crippen molar-refractivity contribution in [1.82, 2.24) is 4.98 Å². The second-order valence-corrected chi connectivity index (χ2v) is 5.44. The molecule has 2 aromatic rings. The minimum absolute atomic E-state index is 0.0978. The van der Waals surface area contributed by atoms with Crippen LogP contribution in [-0.2, 0) is 6.18 Å². The van der Waals surface area contributed by atoms with Crippen molar-refractivity contribution >= 4 is 11.3 Å². The highest BCUT2D eigenvalue weighted by atomic mass is 32.1. The van der Waals surface area contributed by atoms with Gasteiger partial charge in [0.25, 0.3) is 0 Å². The summed E-state index contributed by atoms with van der Waals surface area (Å²) in [5.74, 6) is -0.489. The molecule has 0 aliphatic rings. The molecule has 0 N–H and O–H groups in total. The molecule has 2 rings (SSSR count). The smallest absolute Gasteiger partial charge is 0.241 e. The van der Waals surface area contributed by atoms with Crippen molar-refractivity contribution < 1.29 is 17.6 Å². The number of hydrogen-bond donors (Lipinski definition) is 0. The van der Waals surface area contributed by atoms with Crippen LogP contribution < -0.4 is 0 Å². The van der Waals surface area contributed by atoms with Crippen LogP contribution >= 0.6 is 11.3 Å². The highest BCUT2D eigenvalue weighted by Crippen LogP contribution is 2.35. The first-order chi connectivity index (χ1) is 9.32. The number of nitrogens with zero attached hydrogens (tertiary/aromatic N) is 1. The maximum atomic E-state index is 13.7. The lowest BCUT2D eigenvalue weighted by Crippen LogP contribution is -2.05. The lowest BCUT2D eigenvalue weighted by atomic mass is 10.1. The Balaban J connectivity index is 2.44. The molecule has 1 aromatic heterocycles. The van der Waals surface area contributed by atoms with E-state index < -0.39 is 17.6 Å². The third-order valence-corrected chi connectivity index (χ3v) is 4.06. The van der Waals surface area contributed by atoms with Crippen LogP contribution in [0.1, 0.15) is 37.4 Å². The summed E-state index contributed by atoms with van der Waals surface area (Å²) in [6, 6.07) is 2.39. The van der Waals surface area contributed by atoms with Gasteiger partial charge < -0.3 is 0 Å². The summed E-state index contributed by atoms with van der Waals surface area (Å²) in [6.07, 6.45) is -3.62. The van der Waals surface area contributed by atoms with Gasteiger partial charge >= 0.3 is 6.18 Å². The van der Waals surface area contributed by atoms with E-state index in [1.807, 2.05) is 13.8 Å². The number of rotatable bonds is 3. The Bertz CT molecular complexity index is 603. The van der Waals surface area contributed by atoms with Crippen LogP contribution in [0.25, 0.3) is 10.6 Å². The normalized spacial score (nSPS) is 13.5. The van der Waals surface area contributed by atoms with Crippen LogP contribution in [-0.4, -0.2) is 4.98 Å². The highest BCUT2D eigenvalue weighted by Gasteiger charge is 2.31. The molecule has 0 saturated heterocycles. The number of benzene rings is 1. The summed E-state index contributed by atoms with van der Waals surface area (Å²) in [4.78, 5) is 4.25. The molecule has 20 heavy (non-hydrogen) atoms. The minimum Gasteiger partial charge on any atom is -0.241 e. The van der Waals surface area contributed by atoms with E-state index in [0.717, 1.165) is 41.7 Å². The van der Waals surface area contributed by atoms with Crippen molar-refractivity contribution in [1.29, 1.82) is 0 Å². The largest absolute Gasteiger partial charge is 0.416 e. The van der Waals surface area contributed by atoms with E-state index in [1.165, 1.54) is 0 Å². The molecular formula is C14H13F4NS. The average Bonchev–Trinajstić information content (AvgIpc) is 2.86. The average molecular weight is 303 g/mol. The second kappa shape index (κ2) is 5.52. The molecule has 0 bridgehead atoms. The Hall–Kier alpha value is -1.43. The van der Waals surface area contributed by atoms with Gasteiger partial charge in [-0.3, -0.25) is 0 Å². The summed E-state index contributed by atoms with van der Waals surface area (Å²) in [7, 11) is 0. The Morgan fingerprint density at radius 2 is 2.00 bits per heavy atom. The second-order valence-electron chi connectivity index (χ2n) is 4.58. The van der Waals surface area contributed by atoms with E-state index in [2.05, 4.69) is 4.98 Å². The fourth-order valence-corrected chi connectivity index (χ4v) is 2.67. The maximum Gasteiger partial charge on any atom is 0.416 e. The molecule has 0 radical (unpaired) electrons. The molecule has 1 aromatic carbocycles. The topological polar surface area (TPSA) is 12.9 Å². The molecule has 1 unspecified atom stereocenters. The van der Waals surface area contributed by atoms with Gasteiger partial charge in [-0.25, -0.2) is 9.37 Å². The fraction of sp³-hybridized carbons (Fsp3) is 0.357. The van der Waals surface area contributed by atoms with Crippen molar-refractivity contribution in [3.63, 3.8) is 0 Å². The van der Waals surface area contributed by atoms with Gasteiger partial charge in [0.05, 0.1) is 11.3 Å². The van der Waals surface area contributed by atoms with Gasteiger partial charge in [-0.15, -0.1) is 11.3 Å². The zero-order valence-corrected chi connectivity index (χ0v) is 11.8. The fourth-order valence-electron chi connectivity index (χ4n) is 1.71.